The Kier molecular flexibility index (Phi) is 16.9. The molecular weight excluding hydrogens is 783 g/mol. The fraction of sp³-hybridized carbons (Fsp3) is 0.375. The van der Waals surface area contributed by atoms with Crippen molar-refractivity contribution in [1.82, 2.24) is 0 Å². The predicted octanol–water partition coefficient (Wildman–Crippen LogP) is 14.7. The fourth-order valence-corrected chi connectivity index (χ4v) is 7.03. The van der Waals surface area contributed by atoms with Gasteiger partial charge in [-0.3, -0.25) is 0 Å². The second-order valence-electron chi connectivity index (χ2n) is 14.8. The van der Waals surface area contributed by atoms with Crippen molar-refractivity contribution < 1.29 is 25.8 Å². The summed E-state index contributed by atoms with van der Waals surface area (Å²) in [6.45, 7) is 22.7. The molecule has 0 bridgehead atoms. The summed E-state index contributed by atoms with van der Waals surface area (Å²) in [5.41, 5.74) is 11.4. The molecule has 2 heteroatoms. The topological polar surface area (TPSA) is 0 Å². The molecule has 0 spiro atoms. The second kappa shape index (κ2) is 20.3. The third-order valence-corrected chi connectivity index (χ3v) is 9.70. The summed E-state index contributed by atoms with van der Waals surface area (Å²) in [6.07, 6.45) is 4.65. The summed E-state index contributed by atoms with van der Waals surface area (Å²) in [7, 11) is 1.08. The molecule has 0 aliphatic rings. The van der Waals surface area contributed by atoms with Crippen LogP contribution in [0.4, 0.5) is 0 Å². The summed E-state index contributed by atoms with van der Waals surface area (Å²) < 4.78 is 0. The van der Waals surface area contributed by atoms with Gasteiger partial charge in [-0.15, -0.1) is 69.1 Å². The molecule has 2 atom stereocenters. The molecule has 0 heterocycles. The molecule has 0 amide bonds. The van der Waals surface area contributed by atoms with E-state index in [-0.39, 0.29) is 25.8 Å². The Morgan fingerprint density at radius 2 is 0.840 bits per heavy atom. The van der Waals surface area contributed by atoms with Crippen LogP contribution in [0.1, 0.15) is 102 Å². The van der Waals surface area contributed by atoms with Crippen LogP contribution in [0.5, 0.6) is 0 Å². The Bertz CT molecular complexity index is 1750. The van der Waals surface area contributed by atoms with Gasteiger partial charge in [0, 0.05) is 35.4 Å². The zero-order valence-electron chi connectivity index (χ0n) is 32.5. The molecule has 262 valence electrons. The van der Waals surface area contributed by atoms with Crippen molar-refractivity contribution in [2.75, 3.05) is 0 Å². The molecule has 0 aliphatic heterocycles. The van der Waals surface area contributed by atoms with Crippen molar-refractivity contribution in [2.45, 2.75) is 106 Å². The summed E-state index contributed by atoms with van der Waals surface area (Å²) >= 11 is 0. The predicted molar refractivity (Wildman–Crippen MR) is 222 cm³/mol. The first-order valence-corrected chi connectivity index (χ1v) is 20.7. The SMILES string of the molecule is CCC(C)c1ccccc1-c1cccc2[cH-]c(CC(C)C)cc12.CCC(C)c1ccccc1-c1cccc2[cH-]c(CC(C)C)cc12.C[Si]C.[Hf]. The zero-order chi connectivity index (χ0) is 35.5. The zero-order valence-corrected chi connectivity index (χ0v) is 37.1. The average Bonchev–Trinajstić information content (AvgIpc) is 3.70. The van der Waals surface area contributed by atoms with Gasteiger partial charge in [0.05, 0.1) is 0 Å². The molecule has 50 heavy (non-hydrogen) atoms. The van der Waals surface area contributed by atoms with E-state index in [9.17, 15) is 0 Å². The van der Waals surface area contributed by atoms with Gasteiger partial charge in [-0.05, 0) is 71.6 Å². The minimum Gasteiger partial charge on any atom is -0.164 e. The number of hydrogen-bond donors (Lipinski definition) is 0. The van der Waals surface area contributed by atoms with Gasteiger partial charge < -0.3 is 0 Å². The van der Waals surface area contributed by atoms with E-state index < -0.39 is 0 Å². The van der Waals surface area contributed by atoms with Crippen molar-refractivity contribution in [3.8, 4) is 22.3 Å². The van der Waals surface area contributed by atoms with Crippen LogP contribution < -0.4 is 0 Å². The van der Waals surface area contributed by atoms with Crippen molar-refractivity contribution in [1.29, 1.82) is 0 Å². The molecule has 0 fully saturated rings. The van der Waals surface area contributed by atoms with Crippen LogP contribution >= 0.6 is 0 Å². The molecule has 0 N–H and O–H groups in total. The second-order valence-corrected chi connectivity index (χ2v) is 15.8. The maximum Gasteiger partial charge on any atom is 0.0307 e. The van der Waals surface area contributed by atoms with Crippen LogP contribution in [-0.2, 0) is 38.7 Å². The molecule has 6 aromatic rings. The number of rotatable bonds is 10. The summed E-state index contributed by atoms with van der Waals surface area (Å²) in [4.78, 5) is 0. The molecule has 0 saturated heterocycles. The Labute approximate surface area is 326 Å². The smallest absolute Gasteiger partial charge is 0.0307 e. The normalized spacial score (nSPS) is 12.2. The first-order valence-electron chi connectivity index (χ1n) is 18.7. The van der Waals surface area contributed by atoms with Crippen LogP contribution in [0.15, 0.2) is 109 Å². The van der Waals surface area contributed by atoms with Gasteiger partial charge in [0.2, 0.25) is 0 Å². The third kappa shape index (κ3) is 10.6. The van der Waals surface area contributed by atoms with E-state index in [1.807, 2.05) is 0 Å². The molecule has 0 aliphatic carbocycles. The standard InChI is InChI=1S/2C23H27.C2H6Si.Hf/c2*1-5-17(4)20-10-6-7-11-21(20)22-12-8-9-19-14-18(13-16(2)3)15-23(19)22;1-3-2;/h2*6-12,14-17H,5,13H2,1-4H3;1-2H3;/q2*-1;;. The van der Waals surface area contributed by atoms with E-state index in [4.69, 9.17) is 0 Å². The number of benzene rings is 4. The fourth-order valence-electron chi connectivity index (χ4n) is 7.03. The molecule has 6 aromatic carbocycles. The molecule has 0 aromatic heterocycles. The Balaban J connectivity index is 0.000000246. The van der Waals surface area contributed by atoms with Crippen LogP contribution in [-0.4, -0.2) is 9.52 Å². The van der Waals surface area contributed by atoms with Crippen molar-refractivity contribution >= 4 is 31.1 Å². The van der Waals surface area contributed by atoms with E-state index in [1.165, 1.54) is 78.9 Å². The van der Waals surface area contributed by atoms with Crippen molar-refractivity contribution in [3.05, 3.63) is 131 Å². The first-order chi connectivity index (χ1) is 23.6. The largest absolute Gasteiger partial charge is 0.164 e. The Morgan fingerprint density at radius 3 is 1.18 bits per heavy atom. The van der Waals surface area contributed by atoms with Gasteiger partial charge in [0.1, 0.15) is 0 Å². The van der Waals surface area contributed by atoms with E-state index in [0.717, 1.165) is 22.4 Å². The van der Waals surface area contributed by atoms with Gasteiger partial charge in [0.25, 0.3) is 0 Å². The Hall–Kier alpha value is -2.81. The van der Waals surface area contributed by atoms with Crippen molar-refractivity contribution in [2.24, 2.45) is 11.8 Å². The quantitative estimate of drug-likeness (QED) is 0.0952. The molecule has 0 nitrogen and oxygen atoms in total. The van der Waals surface area contributed by atoms with Crippen molar-refractivity contribution in [3.63, 3.8) is 0 Å². The van der Waals surface area contributed by atoms with E-state index >= 15 is 0 Å². The third-order valence-electron chi connectivity index (χ3n) is 9.70. The van der Waals surface area contributed by atoms with E-state index in [0.29, 0.717) is 23.7 Å². The molecule has 6 rings (SSSR count). The summed E-state index contributed by atoms with van der Waals surface area (Å²) in [5, 5.41) is 5.55. The molecular formula is C48H60HfSi-2. The molecule has 0 saturated carbocycles. The van der Waals surface area contributed by atoms with Gasteiger partial charge in [-0.2, -0.15) is 12.1 Å². The molecule has 2 radical (unpaired) electrons. The van der Waals surface area contributed by atoms with Crippen LogP contribution in [0.2, 0.25) is 13.1 Å². The van der Waals surface area contributed by atoms with Crippen LogP contribution in [0, 0.1) is 11.8 Å². The molecule has 2 unspecified atom stereocenters. The minimum atomic E-state index is 0. The first kappa shape index (κ1) is 41.6. The number of hydrogen-bond acceptors (Lipinski definition) is 0. The maximum atomic E-state index is 2.40. The van der Waals surface area contributed by atoms with Gasteiger partial charge in [-0.25, -0.2) is 0 Å². The van der Waals surface area contributed by atoms with Gasteiger partial charge in [0.15, 0.2) is 0 Å². The Morgan fingerprint density at radius 1 is 0.500 bits per heavy atom. The van der Waals surface area contributed by atoms with Crippen LogP contribution in [0.25, 0.3) is 43.8 Å². The summed E-state index contributed by atoms with van der Waals surface area (Å²) in [5.74, 6) is 2.57. The minimum absolute atomic E-state index is 0. The van der Waals surface area contributed by atoms with Crippen LogP contribution in [0.3, 0.4) is 0 Å². The summed E-state index contributed by atoms with van der Waals surface area (Å²) in [6, 6.07) is 40.8. The van der Waals surface area contributed by atoms with Gasteiger partial charge >= 0.3 is 0 Å². The van der Waals surface area contributed by atoms with E-state index in [2.05, 4.69) is 178 Å². The number of fused-ring (bicyclic) bond motifs is 2. The van der Waals surface area contributed by atoms with E-state index in [1.54, 1.807) is 0 Å². The maximum absolute atomic E-state index is 2.40. The average molecular weight is 844 g/mol. The monoisotopic (exact) mass is 844 g/mol. The van der Waals surface area contributed by atoms with Gasteiger partial charge in [-0.1, -0.05) is 140 Å².